The molecule has 1 saturated heterocycles. The van der Waals surface area contributed by atoms with Crippen LogP contribution in [0.3, 0.4) is 0 Å². The maximum atomic E-state index is 9.85. The van der Waals surface area contributed by atoms with Gasteiger partial charge in [-0.3, -0.25) is 0 Å². The highest BCUT2D eigenvalue weighted by Crippen LogP contribution is 2.25. The standard InChI is InChI=1S/C16H26N2O/c1-12(2)17-10-14-9-13(3)6-7-16(14)18-8-4-5-15(19)11-18/h6-7,9,12,15,17,19H,4-5,8,10-11H2,1-3H3. The summed E-state index contributed by atoms with van der Waals surface area (Å²) in [5.74, 6) is 0. The van der Waals surface area contributed by atoms with Gasteiger partial charge in [0.1, 0.15) is 0 Å². The average molecular weight is 262 g/mol. The van der Waals surface area contributed by atoms with E-state index in [1.807, 2.05) is 0 Å². The fourth-order valence-electron chi connectivity index (χ4n) is 2.65. The van der Waals surface area contributed by atoms with Crippen molar-refractivity contribution in [2.45, 2.75) is 52.3 Å². The zero-order valence-electron chi connectivity index (χ0n) is 12.3. The molecule has 0 saturated carbocycles. The van der Waals surface area contributed by atoms with E-state index in [-0.39, 0.29) is 6.10 Å². The number of hydrogen-bond donors (Lipinski definition) is 2. The molecular formula is C16H26N2O. The number of nitrogens with one attached hydrogen (secondary N) is 1. The molecule has 2 rings (SSSR count). The largest absolute Gasteiger partial charge is 0.391 e. The number of aryl methyl sites for hydroxylation is 1. The first-order valence-electron chi connectivity index (χ1n) is 7.32. The van der Waals surface area contributed by atoms with Crippen molar-refractivity contribution in [3.05, 3.63) is 29.3 Å². The molecule has 1 aromatic carbocycles. The van der Waals surface area contributed by atoms with Crippen LogP contribution in [0, 0.1) is 6.92 Å². The van der Waals surface area contributed by atoms with E-state index in [1.165, 1.54) is 16.8 Å². The normalized spacial score (nSPS) is 20.1. The number of β-amino-alcohol motifs (C(OH)–C–C–N with tert-alkyl or cyclic N) is 1. The second-order valence-electron chi connectivity index (χ2n) is 5.91. The molecule has 0 aromatic heterocycles. The first-order valence-corrected chi connectivity index (χ1v) is 7.32. The van der Waals surface area contributed by atoms with Gasteiger partial charge in [0.05, 0.1) is 6.10 Å². The second-order valence-corrected chi connectivity index (χ2v) is 5.91. The molecular weight excluding hydrogens is 236 g/mol. The molecule has 3 nitrogen and oxygen atoms in total. The highest BCUT2D eigenvalue weighted by Gasteiger charge is 2.19. The van der Waals surface area contributed by atoms with Gasteiger partial charge < -0.3 is 15.3 Å². The number of rotatable bonds is 4. The van der Waals surface area contributed by atoms with Gasteiger partial charge in [0.25, 0.3) is 0 Å². The fourth-order valence-corrected chi connectivity index (χ4v) is 2.65. The predicted octanol–water partition coefficient (Wildman–Crippen LogP) is 2.45. The number of nitrogens with zero attached hydrogens (tertiary/aromatic N) is 1. The predicted molar refractivity (Wildman–Crippen MR) is 80.6 cm³/mol. The summed E-state index contributed by atoms with van der Waals surface area (Å²) in [5, 5.41) is 13.3. The number of piperidine rings is 1. The molecule has 1 fully saturated rings. The SMILES string of the molecule is Cc1ccc(N2CCCC(O)C2)c(CNC(C)C)c1. The van der Waals surface area contributed by atoms with E-state index >= 15 is 0 Å². The van der Waals surface area contributed by atoms with Crippen molar-refractivity contribution in [2.24, 2.45) is 0 Å². The maximum absolute atomic E-state index is 9.85. The molecule has 0 radical (unpaired) electrons. The molecule has 1 aliphatic rings. The van der Waals surface area contributed by atoms with Crippen molar-refractivity contribution in [1.82, 2.24) is 5.32 Å². The first-order chi connectivity index (χ1) is 9.06. The highest BCUT2D eigenvalue weighted by molar-refractivity contribution is 5.55. The maximum Gasteiger partial charge on any atom is 0.0715 e. The third kappa shape index (κ3) is 3.95. The minimum Gasteiger partial charge on any atom is -0.391 e. The lowest BCUT2D eigenvalue weighted by Gasteiger charge is -2.33. The lowest BCUT2D eigenvalue weighted by atomic mass is 10.0. The van der Waals surface area contributed by atoms with E-state index < -0.39 is 0 Å². The Balaban J connectivity index is 2.18. The Hall–Kier alpha value is -1.06. The van der Waals surface area contributed by atoms with E-state index in [9.17, 15) is 5.11 Å². The summed E-state index contributed by atoms with van der Waals surface area (Å²) in [6.45, 7) is 9.17. The Labute approximate surface area is 116 Å². The Bertz CT molecular complexity index is 417. The highest BCUT2D eigenvalue weighted by atomic mass is 16.3. The van der Waals surface area contributed by atoms with Crippen LogP contribution >= 0.6 is 0 Å². The average Bonchev–Trinajstić information content (AvgIpc) is 2.36. The summed E-state index contributed by atoms with van der Waals surface area (Å²) in [5.41, 5.74) is 3.90. The lowest BCUT2D eigenvalue weighted by Crippen LogP contribution is -2.39. The molecule has 1 atom stereocenters. The minimum absolute atomic E-state index is 0.180. The topological polar surface area (TPSA) is 35.5 Å². The van der Waals surface area contributed by atoms with Crippen LogP contribution in [0.5, 0.6) is 0 Å². The zero-order chi connectivity index (χ0) is 13.8. The number of hydrogen-bond acceptors (Lipinski definition) is 3. The van der Waals surface area contributed by atoms with Crippen molar-refractivity contribution in [1.29, 1.82) is 0 Å². The molecule has 2 N–H and O–H groups in total. The van der Waals surface area contributed by atoms with E-state index in [0.29, 0.717) is 6.04 Å². The van der Waals surface area contributed by atoms with Gasteiger partial charge in [-0.1, -0.05) is 31.5 Å². The van der Waals surface area contributed by atoms with E-state index in [4.69, 9.17) is 0 Å². The Morgan fingerprint density at radius 2 is 2.21 bits per heavy atom. The Morgan fingerprint density at radius 1 is 1.42 bits per heavy atom. The minimum atomic E-state index is -0.180. The smallest absolute Gasteiger partial charge is 0.0715 e. The van der Waals surface area contributed by atoms with Crippen LogP contribution in [-0.2, 0) is 6.54 Å². The van der Waals surface area contributed by atoms with Crippen LogP contribution in [0.4, 0.5) is 5.69 Å². The summed E-state index contributed by atoms with van der Waals surface area (Å²) in [6.07, 6.45) is 1.83. The quantitative estimate of drug-likeness (QED) is 0.875. The van der Waals surface area contributed by atoms with Gasteiger partial charge in [-0.2, -0.15) is 0 Å². The van der Waals surface area contributed by atoms with Crippen molar-refractivity contribution < 1.29 is 5.11 Å². The summed E-state index contributed by atoms with van der Waals surface area (Å²) in [7, 11) is 0. The third-order valence-electron chi connectivity index (χ3n) is 3.67. The van der Waals surface area contributed by atoms with Crippen LogP contribution in [-0.4, -0.2) is 30.3 Å². The van der Waals surface area contributed by atoms with E-state index in [0.717, 1.165) is 32.5 Å². The van der Waals surface area contributed by atoms with Crippen LogP contribution in [0.15, 0.2) is 18.2 Å². The van der Waals surface area contributed by atoms with Crippen LogP contribution in [0.1, 0.15) is 37.8 Å². The molecule has 19 heavy (non-hydrogen) atoms. The van der Waals surface area contributed by atoms with Gasteiger partial charge in [0.15, 0.2) is 0 Å². The molecule has 1 aliphatic heterocycles. The van der Waals surface area contributed by atoms with Crippen molar-refractivity contribution in [3.8, 4) is 0 Å². The second kappa shape index (κ2) is 6.40. The summed E-state index contributed by atoms with van der Waals surface area (Å²) < 4.78 is 0. The molecule has 0 spiro atoms. The third-order valence-corrected chi connectivity index (χ3v) is 3.67. The number of anilines is 1. The van der Waals surface area contributed by atoms with Crippen molar-refractivity contribution >= 4 is 5.69 Å². The van der Waals surface area contributed by atoms with Gasteiger partial charge in [-0.05, 0) is 31.4 Å². The zero-order valence-corrected chi connectivity index (χ0v) is 12.3. The lowest BCUT2D eigenvalue weighted by molar-refractivity contribution is 0.154. The molecule has 0 amide bonds. The van der Waals surface area contributed by atoms with Gasteiger partial charge >= 0.3 is 0 Å². The van der Waals surface area contributed by atoms with Crippen molar-refractivity contribution in [2.75, 3.05) is 18.0 Å². The van der Waals surface area contributed by atoms with Crippen molar-refractivity contribution in [3.63, 3.8) is 0 Å². The molecule has 0 aliphatic carbocycles. The fraction of sp³-hybridized carbons (Fsp3) is 0.625. The summed E-state index contributed by atoms with van der Waals surface area (Å²) >= 11 is 0. The monoisotopic (exact) mass is 262 g/mol. The number of aliphatic hydroxyl groups is 1. The van der Waals surface area contributed by atoms with Crippen LogP contribution in [0.2, 0.25) is 0 Å². The first kappa shape index (κ1) is 14.4. The van der Waals surface area contributed by atoms with Gasteiger partial charge in [-0.25, -0.2) is 0 Å². The Kier molecular flexibility index (Phi) is 4.83. The van der Waals surface area contributed by atoms with Gasteiger partial charge in [0, 0.05) is 31.4 Å². The number of aliphatic hydroxyl groups excluding tert-OH is 1. The Morgan fingerprint density at radius 3 is 2.89 bits per heavy atom. The summed E-state index contributed by atoms with van der Waals surface area (Å²) in [6, 6.07) is 7.10. The van der Waals surface area contributed by atoms with E-state index in [2.05, 4.69) is 49.2 Å². The van der Waals surface area contributed by atoms with E-state index in [1.54, 1.807) is 0 Å². The molecule has 3 heteroatoms. The number of benzene rings is 1. The molecule has 1 heterocycles. The molecule has 1 unspecified atom stereocenters. The van der Waals surface area contributed by atoms with Crippen LogP contribution < -0.4 is 10.2 Å². The van der Waals surface area contributed by atoms with Crippen LogP contribution in [0.25, 0.3) is 0 Å². The molecule has 0 bridgehead atoms. The molecule has 106 valence electrons. The van der Waals surface area contributed by atoms with Gasteiger partial charge in [0.2, 0.25) is 0 Å². The molecule has 1 aromatic rings. The van der Waals surface area contributed by atoms with Gasteiger partial charge in [-0.15, -0.1) is 0 Å². The summed E-state index contributed by atoms with van der Waals surface area (Å²) in [4.78, 5) is 2.32.